The molecule has 0 bridgehead atoms. The van der Waals surface area contributed by atoms with E-state index in [1.165, 1.54) is 0 Å². The van der Waals surface area contributed by atoms with Gasteiger partial charge in [0.15, 0.2) is 0 Å². The first kappa shape index (κ1) is 7.24. The van der Waals surface area contributed by atoms with Crippen molar-refractivity contribution in [2.75, 3.05) is 6.61 Å². The minimum absolute atomic E-state index is 0.0360. The molecule has 0 aromatic carbocycles. The van der Waals surface area contributed by atoms with Gasteiger partial charge in [-0.3, -0.25) is 4.68 Å². The van der Waals surface area contributed by atoms with Crippen molar-refractivity contribution >= 4 is 0 Å². The van der Waals surface area contributed by atoms with Gasteiger partial charge in [-0.15, -0.1) is 0 Å². The molecule has 1 aromatic heterocycles. The fraction of sp³-hybridized carbons (Fsp3) is 0.500. The average Bonchev–Trinajstić information content (AvgIpc) is 2.34. The summed E-state index contributed by atoms with van der Waals surface area (Å²) in [5.41, 5.74) is 6.37. The van der Waals surface area contributed by atoms with Crippen molar-refractivity contribution in [3.63, 3.8) is 0 Å². The Hall–Kier alpha value is -0.870. The lowest BCUT2D eigenvalue weighted by molar-refractivity contribution is 0.268. The van der Waals surface area contributed by atoms with Crippen LogP contribution < -0.4 is 5.73 Å². The molecule has 1 rings (SSSR count). The minimum Gasteiger partial charge on any atom is -0.394 e. The molecule has 3 N–H and O–H groups in total. The van der Waals surface area contributed by atoms with Gasteiger partial charge >= 0.3 is 0 Å². The zero-order valence-electron chi connectivity index (χ0n) is 5.86. The van der Waals surface area contributed by atoms with Gasteiger partial charge in [0.05, 0.1) is 18.8 Å². The van der Waals surface area contributed by atoms with E-state index in [2.05, 4.69) is 5.10 Å². The van der Waals surface area contributed by atoms with Crippen LogP contribution in [0.2, 0.25) is 0 Å². The van der Waals surface area contributed by atoms with Crippen molar-refractivity contribution in [1.82, 2.24) is 9.78 Å². The van der Waals surface area contributed by atoms with E-state index in [1.54, 1.807) is 17.1 Å². The highest BCUT2D eigenvalue weighted by atomic mass is 16.3. The molecule has 4 nitrogen and oxygen atoms in total. The quantitative estimate of drug-likeness (QED) is 0.578. The Balaban J connectivity index is 2.74. The van der Waals surface area contributed by atoms with Crippen LogP contribution in [0.5, 0.6) is 0 Å². The van der Waals surface area contributed by atoms with Crippen molar-refractivity contribution in [3.05, 3.63) is 18.0 Å². The van der Waals surface area contributed by atoms with E-state index in [0.717, 1.165) is 5.56 Å². The van der Waals surface area contributed by atoms with Gasteiger partial charge in [0, 0.05) is 18.8 Å². The number of aliphatic hydroxyl groups excluding tert-OH is 1. The lowest BCUT2D eigenvalue weighted by Gasteiger charge is -2.01. The molecular formula is C6H11N3O. The third-order valence-electron chi connectivity index (χ3n) is 1.35. The van der Waals surface area contributed by atoms with Crippen LogP contribution in [0.25, 0.3) is 0 Å². The second kappa shape index (κ2) is 2.81. The first-order valence-corrected chi connectivity index (χ1v) is 3.09. The fourth-order valence-electron chi connectivity index (χ4n) is 0.737. The summed E-state index contributed by atoms with van der Waals surface area (Å²) in [6.45, 7) is -0.0360. The molecule has 10 heavy (non-hydrogen) atoms. The molecular weight excluding hydrogens is 130 g/mol. The smallest absolute Gasteiger partial charge is 0.0625 e. The number of nitrogens with two attached hydrogens (primary N) is 1. The second-order valence-electron chi connectivity index (χ2n) is 2.24. The third kappa shape index (κ3) is 1.34. The molecule has 4 heteroatoms. The zero-order valence-corrected chi connectivity index (χ0v) is 5.86. The van der Waals surface area contributed by atoms with Gasteiger partial charge in [0.1, 0.15) is 0 Å². The molecule has 0 radical (unpaired) electrons. The summed E-state index contributed by atoms with van der Waals surface area (Å²) >= 11 is 0. The molecule has 0 aliphatic rings. The number of hydrogen-bond acceptors (Lipinski definition) is 3. The number of aryl methyl sites for hydroxylation is 1. The van der Waals surface area contributed by atoms with Crippen molar-refractivity contribution in [1.29, 1.82) is 0 Å². The zero-order chi connectivity index (χ0) is 7.56. The second-order valence-corrected chi connectivity index (χ2v) is 2.24. The fourth-order valence-corrected chi connectivity index (χ4v) is 0.737. The van der Waals surface area contributed by atoms with Gasteiger partial charge in [-0.25, -0.2) is 0 Å². The lowest BCUT2D eigenvalue weighted by Crippen LogP contribution is -2.13. The maximum absolute atomic E-state index is 8.64. The van der Waals surface area contributed by atoms with Crippen LogP contribution in [0, 0.1) is 0 Å². The molecule has 0 amide bonds. The summed E-state index contributed by atoms with van der Waals surface area (Å²) < 4.78 is 1.66. The first-order valence-electron chi connectivity index (χ1n) is 3.09. The Labute approximate surface area is 59.3 Å². The molecule has 1 heterocycles. The van der Waals surface area contributed by atoms with E-state index in [1.807, 2.05) is 7.05 Å². The van der Waals surface area contributed by atoms with Crippen LogP contribution >= 0.6 is 0 Å². The Bertz CT molecular complexity index is 209. The summed E-state index contributed by atoms with van der Waals surface area (Å²) in [6, 6.07) is -0.298. The maximum Gasteiger partial charge on any atom is 0.0625 e. The SMILES string of the molecule is Cn1cc([C@H](N)CO)cn1. The van der Waals surface area contributed by atoms with Gasteiger partial charge in [-0.2, -0.15) is 5.10 Å². The van der Waals surface area contributed by atoms with E-state index in [4.69, 9.17) is 10.8 Å². The third-order valence-corrected chi connectivity index (χ3v) is 1.35. The van der Waals surface area contributed by atoms with Gasteiger partial charge < -0.3 is 10.8 Å². The van der Waals surface area contributed by atoms with Crippen LogP contribution in [0.15, 0.2) is 12.4 Å². The van der Waals surface area contributed by atoms with E-state index in [0.29, 0.717) is 0 Å². The van der Waals surface area contributed by atoms with Crippen LogP contribution in [0.3, 0.4) is 0 Å². The monoisotopic (exact) mass is 141 g/mol. The number of hydrogen-bond donors (Lipinski definition) is 2. The topological polar surface area (TPSA) is 64.1 Å². The maximum atomic E-state index is 8.64. The highest BCUT2D eigenvalue weighted by Gasteiger charge is 2.04. The largest absolute Gasteiger partial charge is 0.394 e. The Morgan fingerprint density at radius 3 is 3.00 bits per heavy atom. The molecule has 0 spiro atoms. The summed E-state index contributed by atoms with van der Waals surface area (Å²) in [6.07, 6.45) is 3.45. The number of rotatable bonds is 2. The Morgan fingerprint density at radius 2 is 2.60 bits per heavy atom. The highest BCUT2D eigenvalue weighted by molar-refractivity contribution is 5.08. The predicted molar refractivity (Wildman–Crippen MR) is 37.2 cm³/mol. The van der Waals surface area contributed by atoms with E-state index in [9.17, 15) is 0 Å². The Morgan fingerprint density at radius 1 is 1.90 bits per heavy atom. The lowest BCUT2D eigenvalue weighted by atomic mass is 10.2. The van der Waals surface area contributed by atoms with Gasteiger partial charge in [-0.1, -0.05) is 0 Å². The van der Waals surface area contributed by atoms with Crippen LogP contribution in [-0.4, -0.2) is 21.5 Å². The van der Waals surface area contributed by atoms with E-state index in [-0.39, 0.29) is 12.6 Å². The van der Waals surface area contributed by atoms with Crippen LogP contribution in [0.4, 0.5) is 0 Å². The van der Waals surface area contributed by atoms with E-state index >= 15 is 0 Å². The first-order chi connectivity index (χ1) is 4.74. The van der Waals surface area contributed by atoms with Crippen LogP contribution in [-0.2, 0) is 7.05 Å². The Kier molecular flexibility index (Phi) is 2.03. The standard InChI is InChI=1S/C6H11N3O/c1-9-3-5(2-8-9)6(7)4-10/h2-3,6,10H,4,7H2,1H3/t6-/m1/s1. The van der Waals surface area contributed by atoms with Crippen molar-refractivity contribution in [3.8, 4) is 0 Å². The van der Waals surface area contributed by atoms with Crippen LogP contribution in [0.1, 0.15) is 11.6 Å². The summed E-state index contributed by atoms with van der Waals surface area (Å²) in [5.74, 6) is 0. The molecule has 1 atom stereocenters. The van der Waals surface area contributed by atoms with Gasteiger partial charge in [0.25, 0.3) is 0 Å². The molecule has 0 saturated heterocycles. The molecule has 0 aliphatic carbocycles. The van der Waals surface area contributed by atoms with Crippen molar-refractivity contribution in [2.24, 2.45) is 12.8 Å². The normalized spacial score (nSPS) is 13.5. The molecule has 0 aliphatic heterocycles. The molecule has 0 unspecified atom stereocenters. The molecule has 1 aromatic rings. The number of nitrogens with zero attached hydrogens (tertiary/aromatic N) is 2. The minimum atomic E-state index is -0.298. The van der Waals surface area contributed by atoms with Crippen molar-refractivity contribution in [2.45, 2.75) is 6.04 Å². The van der Waals surface area contributed by atoms with Gasteiger partial charge in [0.2, 0.25) is 0 Å². The highest BCUT2D eigenvalue weighted by Crippen LogP contribution is 2.05. The number of aromatic nitrogens is 2. The predicted octanol–water partition coefficient (Wildman–Crippen LogP) is -0.588. The molecule has 0 saturated carbocycles. The van der Waals surface area contributed by atoms with Gasteiger partial charge in [-0.05, 0) is 0 Å². The average molecular weight is 141 g/mol. The summed E-state index contributed by atoms with van der Waals surface area (Å²) in [5, 5.41) is 12.5. The van der Waals surface area contributed by atoms with E-state index < -0.39 is 0 Å². The summed E-state index contributed by atoms with van der Waals surface area (Å²) in [7, 11) is 1.81. The molecule has 0 fully saturated rings. The molecule has 56 valence electrons. The summed E-state index contributed by atoms with van der Waals surface area (Å²) in [4.78, 5) is 0. The van der Waals surface area contributed by atoms with Crippen molar-refractivity contribution < 1.29 is 5.11 Å². The number of aliphatic hydroxyl groups is 1.